The zero-order valence-electron chi connectivity index (χ0n) is 9.38. The Balaban J connectivity index is 3.87. The van der Waals surface area contributed by atoms with E-state index in [1.54, 1.807) is 0 Å². The van der Waals surface area contributed by atoms with Gasteiger partial charge in [0.05, 0.1) is 0 Å². The van der Waals surface area contributed by atoms with Crippen molar-refractivity contribution in [1.29, 1.82) is 0 Å². The van der Waals surface area contributed by atoms with E-state index in [1.807, 2.05) is 0 Å². The number of amides is 1. The zero-order valence-corrected chi connectivity index (χ0v) is 11.1. The normalized spacial score (nSPS) is 13.8. The minimum absolute atomic E-state index is 0.0570. The molecule has 0 bridgehead atoms. The second-order valence-electron chi connectivity index (χ2n) is 3.40. The first-order valence-corrected chi connectivity index (χ1v) is 7.33. The van der Waals surface area contributed by atoms with Gasteiger partial charge in [0.25, 0.3) is 0 Å². The van der Waals surface area contributed by atoms with Crippen LogP contribution in [0.5, 0.6) is 0 Å². The number of hydrogen-bond acceptors (Lipinski definition) is 4. The fourth-order valence-corrected chi connectivity index (χ4v) is 3.16. The molecule has 0 aliphatic carbocycles. The van der Waals surface area contributed by atoms with Gasteiger partial charge in [-0.2, -0.15) is 0 Å². The van der Waals surface area contributed by atoms with E-state index in [4.69, 9.17) is 15.9 Å². The van der Waals surface area contributed by atoms with Gasteiger partial charge in [-0.15, -0.1) is 0 Å². The Morgan fingerprint density at radius 2 is 1.88 bits per heavy atom. The molecular weight excluding hydrogens is 295 g/mol. The van der Waals surface area contributed by atoms with E-state index >= 15 is 0 Å². The number of carboxylic acid groups (broad SMARTS) is 2. The molecular formula is C9H16N2O5Se. The van der Waals surface area contributed by atoms with E-state index < -0.39 is 29.9 Å². The van der Waals surface area contributed by atoms with Gasteiger partial charge in [-0.3, -0.25) is 0 Å². The van der Waals surface area contributed by atoms with E-state index in [0.29, 0.717) is 17.1 Å². The van der Waals surface area contributed by atoms with Gasteiger partial charge in [0, 0.05) is 0 Å². The van der Waals surface area contributed by atoms with E-state index in [-0.39, 0.29) is 15.0 Å². The molecule has 0 aromatic rings. The summed E-state index contributed by atoms with van der Waals surface area (Å²) in [5.41, 5.74) is 5.30. The maximum absolute atomic E-state index is 10.7. The van der Waals surface area contributed by atoms with Crippen LogP contribution in [-0.4, -0.2) is 55.1 Å². The van der Waals surface area contributed by atoms with Gasteiger partial charge in [0.1, 0.15) is 0 Å². The molecule has 7 nitrogen and oxygen atoms in total. The Bertz CT molecular complexity index is 297. The van der Waals surface area contributed by atoms with Crippen LogP contribution in [0, 0.1) is 0 Å². The van der Waals surface area contributed by atoms with Gasteiger partial charge in [-0.1, -0.05) is 0 Å². The molecule has 0 aliphatic heterocycles. The van der Waals surface area contributed by atoms with Crippen LogP contribution in [0.3, 0.4) is 0 Å². The molecule has 0 aliphatic rings. The molecule has 5 N–H and O–H groups in total. The number of carbonyl (C=O) groups is 3. The molecule has 0 aromatic heterocycles. The number of aliphatic carboxylic acids is 2. The van der Waals surface area contributed by atoms with Crippen LogP contribution in [0.1, 0.15) is 13.3 Å². The van der Waals surface area contributed by atoms with Crippen LogP contribution >= 0.6 is 0 Å². The summed E-state index contributed by atoms with van der Waals surface area (Å²) in [5.74, 6) is -2.53. The maximum atomic E-state index is 10.7. The number of carbonyl (C=O) groups excluding carboxylic acids is 1. The second-order valence-corrected chi connectivity index (χ2v) is 5.81. The molecule has 0 saturated heterocycles. The molecule has 0 aromatic carbocycles. The average molecular weight is 311 g/mol. The van der Waals surface area contributed by atoms with Gasteiger partial charge < -0.3 is 0 Å². The first-order valence-electron chi connectivity index (χ1n) is 4.90. The van der Waals surface area contributed by atoms with Crippen molar-refractivity contribution >= 4 is 32.8 Å². The molecule has 2 unspecified atom stereocenters. The van der Waals surface area contributed by atoms with Crippen LogP contribution < -0.4 is 11.1 Å². The van der Waals surface area contributed by atoms with Crippen LogP contribution in [0.25, 0.3) is 0 Å². The van der Waals surface area contributed by atoms with Crippen molar-refractivity contribution in [2.75, 3.05) is 0 Å². The molecule has 2 atom stereocenters. The average Bonchev–Trinajstić information content (AvgIpc) is 2.21. The summed E-state index contributed by atoms with van der Waals surface area (Å²) in [7, 11) is 0. The summed E-state index contributed by atoms with van der Waals surface area (Å²) in [4.78, 5) is 31.9. The molecule has 0 heterocycles. The third kappa shape index (κ3) is 7.73. The fourth-order valence-electron chi connectivity index (χ4n) is 0.955. The molecule has 8 heteroatoms. The van der Waals surface area contributed by atoms with Crippen LogP contribution in [0.2, 0.25) is 10.6 Å². The van der Waals surface area contributed by atoms with Crippen LogP contribution in [0.4, 0.5) is 0 Å². The van der Waals surface area contributed by atoms with Crippen molar-refractivity contribution in [3.63, 3.8) is 0 Å². The van der Waals surface area contributed by atoms with Gasteiger partial charge in [-0.25, -0.2) is 0 Å². The summed E-state index contributed by atoms with van der Waals surface area (Å²) >= 11 is -0.0570. The van der Waals surface area contributed by atoms with Crippen molar-refractivity contribution in [2.45, 2.75) is 36.1 Å². The number of nitrogens with two attached hydrogens (primary N) is 1. The Labute approximate surface area is 105 Å². The monoisotopic (exact) mass is 312 g/mol. The standard InChI is InChI=1S/C9H16N2O5Se/c1-5(12)11-7(9(15)16)4-17-3-2-6(10)8(13)14/h6-7H,2-4,10H2,1H3,(H,11,12)(H,13,14)(H,15,16). The van der Waals surface area contributed by atoms with Crippen LogP contribution in [0.15, 0.2) is 0 Å². The van der Waals surface area contributed by atoms with Crippen LogP contribution in [-0.2, 0) is 14.4 Å². The first kappa shape index (κ1) is 15.9. The SMILES string of the molecule is CC(=O)NC(C[Se]CCC(N)C(=O)O)C(=O)O. The van der Waals surface area contributed by atoms with Gasteiger partial charge in [0.15, 0.2) is 0 Å². The van der Waals surface area contributed by atoms with Crippen molar-refractivity contribution in [1.82, 2.24) is 5.32 Å². The Morgan fingerprint density at radius 1 is 1.29 bits per heavy atom. The predicted molar refractivity (Wildman–Crippen MR) is 60.8 cm³/mol. The summed E-state index contributed by atoms with van der Waals surface area (Å²) in [6.45, 7) is 1.25. The number of nitrogens with one attached hydrogen (secondary N) is 1. The topological polar surface area (TPSA) is 130 Å². The molecule has 0 fully saturated rings. The van der Waals surface area contributed by atoms with Crippen molar-refractivity contribution in [3.8, 4) is 0 Å². The molecule has 0 spiro atoms. The quantitative estimate of drug-likeness (QED) is 0.333. The first-order chi connectivity index (χ1) is 7.84. The Morgan fingerprint density at radius 3 is 2.29 bits per heavy atom. The van der Waals surface area contributed by atoms with E-state index in [2.05, 4.69) is 5.32 Å². The van der Waals surface area contributed by atoms with Crippen molar-refractivity contribution in [3.05, 3.63) is 0 Å². The summed E-state index contributed by atoms with van der Waals surface area (Å²) in [6.07, 6.45) is 0.321. The molecule has 17 heavy (non-hydrogen) atoms. The summed E-state index contributed by atoms with van der Waals surface area (Å²) in [6, 6.07) is -1.80. The third-order valence-electron chi connectivity index (χ3n) is 1.85. The molecule has 1 amide bonds. The second kappa shape index (κ2) is 8.05. The predicted octanol–water partition coefficient (Wildman–Crippen LogP) is -1.08. The number of rotatable bonds is 8. The van der Waals surface area contributed by atoms with Gasteiger partial charge in [0.2, 0.25) is 0 Å². The molecule has 98 valence electrons. The molecule has 0 rings (SSSR count). The Kier molecular flexibility index (Phi) is 7.52. The molecule has 0 radical (unpaired) electrons. The minimum atomic E-state index is -1.08. The summed E-state index contributed by atoms with van der Waals surface area (Å²) < 4.78 is 0. The van der Waals surface area contributed by atoms with E-state index in [0.717, 1.165) is 0 Å². The zero-order chi connectivity index (χ0) is 13.4. The van der Waals surface area contributed by atoms with Gasteiger partial charge in [-0.05, 0) is 0 Å². The molecule has 0 saturated carbocycles. The van der Waals surface area contributed by atoms with Gasteiger partial charge >= 0.3 is 105 Å². The van der Waals surface area contributed by atoms with Crippen molar-refractivity contribution in [2.24, 2.45) is 5.73 Å². The van der Waals surface area contributed by atoms with Crippen molar-refractivity contribution < 1.29 is 24.6 Å². The number of hydrogen-bond donors (Lipinski definition) is 4. The third-order valence-corrected chi connectivity index (χ3v) is 4.14. The van der Waals surface area contributed by atoms with E-state index in [9.17, 15) is 14.4 Å². The van der Waals surface area contributed by atoms with E-state index in [1.165, 1.54) is 6.92 Å². The fraction of sp³-hybridized carbons (Fsp3) is 0.667. The summed E-state index contributed by atoms with van der Waals surface area (Å²) in [5, 5.41) is 20.5. The Hall–Kier alpha value is -1.11. The number of carboxylic acids is 2.